The van der Waals surface area contributed by atoms with Crippen LogP contribution in [0.15, 0.2) is 0 Å². The molecule has 5 nitrogen and oxygen atoms in total. The van der Waals surface area contributed by atoms with Crippen molar-refractivity contribution in [3.8, 4) is 0 Å². The van der Waals surface area contributed by atoms with Gasteiger partial charge in [0, 0.05) is 26.2 Å². The normalized spacial score (nSPS) is 15.7. The summed E-state index contributed by atoms with van der Waals surface area (Å²) in [6, 6.07) is 0.684. The quantitative estimate of drug-likeness (QED) is 0.497. The summed E-state index contributed by atoms with van der Waals surface area (Å²) in [7, 11) is 1.66. The number of nitrogens with zero attached hydrogens (tertiary/aromatic N) is 1. The Morgan fingerprint density at radius 2 is 1.65 bits per heavy atom. The average Bonchev–Trinajstić information content (AvgIpc) is 3.15. The molecule has 1 aliphatic carbocycles. The molecule has 0 radical (unpaired) electrons. The molecule has 0 saturated heterocycles. The molecule has 1 N–H and O–H groups in total. The van der Waals surface area contributed by atoms with E-state index >= 15 is 0 Å². The minimum atomic E-state index is 0.233. The Bertz CT molecular complexity index is 176. The topological polar surface area (TPSA) is 51.2 Å². The summed E-state index contributed by atoms with van der Waals surface area (Å²) in [6.45, 7) is 5.11. The maximum Gasteiger partial charge on any atom is 0.0701 e. The number of aliphatic hydroxyl groups is 1. The van der Waals surface area contributed by atoms with Gasteiger partial charge >= 0.3 is 0 Å². The lowest BCUT2D eigenvalue weighted by Gasteiger charge is -2.20. The standard InChI is InChI=1S/C12H25NO4/c1-15-8-9-17-11-10-16-7-5-13(4-6-14)12-2-3-12/h12,14H,2-11H2,1H3. The lowest BCUT2D eigenvalue weighted by atomic mass is 10.4. The summed E-state index contributed by atoms with van der Waals surface area (Å²) in [6.07, 6.45) is 2.53. The second kappa shape index (κ2) is 9.79. The first kappa shape index (κ1) is 14.9. The summed E-state index contributed by atoms with van der Waals surface area (Å²) in [4.78, 5) is 2.30. The Kier molecular flexibility index (Phi) is 8.56. The van der Waals surface area contributed by atoms with Gasteiger partial charge in [0.15, 0.2) is 0 Å². The Balaban J connectivity index is 1.85. The van der Waals surface area contributed by atoms with E-state index in [9.17, 15) is 0 Å². The largest absolute Gasteiger partial charge is 0.395 e. The molecule has 0 aromatic carbocycles. The van der Waals surface area contributed by atoms with Crippen LogP contribution in [0.4, 0.5) is 0 Å². The highest BCUT2D eigenvalue weighted by Gasteiger charge is 2.27. The van der Waals surface area contributed by atoms with Crippen molar-refractivity contribution >= 4 is 0 Å². The molecular formula is C12H25NO4. The molecule has 17 heavy (non-hydrogen) atoms. The summed E-state index contributed by atoms with van der Waals surface area (Å²) in [5.74, 6) is 0. The smallest absolute Gasteiger partial charge is 0.0701 e. The highest BCUT2D eigenvalue weighted by atomic mass is 16.5. The molecule has 1 fully saturated rings. The molecule has 1 saturated carbocycles. The SMILES string of the molecule is COCCOCCOCCN(CCO)C1CC1. The Hall–Kier alpha value is -0.200. The van der Waals surface area contributed by atoms with Crippen molar-refractivity contribution < 1.29 is 19.3 Å². The van der Waals surface area contributed by atoms with Crippen molar-refractivity contribution in [1.29, 1.82) is 0 Å². The van der Waals surface area contributed by atoms with Gasteiger partial charge in [-0.2, -0.15) is 0 Å². The van der Waals surface area contributed by atoms with E-state index in [0.29, 0.717) is 39.1 Å². The summed E-state index contributed by atoms with van der Waals surface area (Å²) in [5.41, 5.74) is 0. The molecule has 1 rings (SSSR count). The molecule has 0 amide bonds. The zero-order chi connectivity index (χ0) is 12.3. The predicted octanol–water partition coefficient (Wildman–Crippen LogP) is 0.123. The fourth-order valence-electron chi connectivity index (χ4n) is 1.69. The van der Waals surface area contributed by atoms with Crippen LogP contribution in [0.3, 0.4) is 0 Å². The van der Waals surface area contributed by atoms with Crippen LogP contribution in [0.25, 0.3) is 0 Å². The average molecular weight is 247 g/mol. The number of hydrogen-bond donors (Lipinski definition) is 1. The van der Waals surface area contributed by atoms with Crippen LogP contribution < -0.4 is 0 Å². The molecular weight excluding hydrogens is 222 g/mol. The Morgan fingerprint density at radius 1 is 1.00 bits per heavy atom. The van der Waals surface area contributed by atoms with Gasteiger partial charge in [0.2, 0.25) is 0 Å². The molecule has 0 aromatic rings. The predicted molar refractivity (Wildman–Crippen MR) is 65.2 cm³/mol. The van der Waals surface area contributed by atoms with Gasteiger partial charge in [0.25, 0.3) is 0 Å². The summed E-state index contributed by atoms with van der Waals surface area (Å²) in [5, 5.41) is 8.92. The van der Waals surface area contributed by atoms with E-state index in [1.54, 1.807) is 7.11 Å². The van der Waals surface area contributed by atoms with Crippen molar-refractivity contribution in [1.82, 2.24) is 4.90 Å². The zero-order valence-corrected chi connectivity index (χ0v) is 10.8. The van der Waals surface area contributed by atoms with Crippen LogP contribution in [0.2, 0.25) is 0 Å². The third-order valence-electron chi connectivity index (χ3n) is 2.78. The van der Waals surface area contributed by atoms with Crippen molar-refractivity contribution in [3.05, 3.63) is 0 Å². The van der Waals surface area contributed by atoms with Gasteiger partial charge in [-0.05, 0) is 12.8 Å². The van der Waals surface area contributed by atoms with Gasteiger partial charge in [0.05, 0.1) is 39.6 Å². The molecule has 1 aliphatic rings. The van der Waals surface area contributed by atoms with Crippen LogP contribution in [-0.4, -0.2) is 75.9 Å². The number of ether oxygens (including phenoxy) is 3. The van der Waals surface area contributed by atoms with Crippen LogP contribution in [0.1, 0.15) is 12.8 Å². The van der Waals surface area contributed by atoms with E-state index in [1.807, 2.05) is 0 Å². The van der Waals surface area contributed by atoms with Crippen molar-refractivity contribution in [2.24, 2.45) is 0 Å². The van der Waals surface area contributed by atoms with Gasteiger partial charge in [-0.15, -0.1) is 0 Å². The van der Waals surface area contributed by atoms with Gasteiger partial charge < -0.3 is 19.3 Å². The van der Waals surface area contributed by atoms with E-state index in [2.05, 4.69) is 4.90 Å². The number of hydrogen-bond acceptors (Lipinski definition) is 5. The molecule has 0 spiro atoms. The van der Waals surface area contributed by atoms with Crippen molar-refractivity contribution in [2.45, 2.75) is 18.9 Å². The summed E-state index contributed by atoms with van der Waals surface area (Å²) >= 11 is 0. The van der Waals surface area contributed by atoms with Crippen LogP contribution in [0.5, 0.6) is 0 Å². The highest BCUT2D eigenvalue weighted by Crippen LogP contribution is 2.25. The van der Waals surface area contributed by atoms with Crippen molar-refractivity contribution in [2.75, 3.05) is 59.8 Å². The maximum atomic E-state index is 8.92. The third kappa shape index (κ3) is 7.68. The van der Waals surface area contributed by atoms with E-state index in [-0.39, 0.29) is 6.61 Å². The summed E-state index contributed by atoms with van der Waals surface area (Å²) < 4.78 is 15.6. The van der Waals surface area contributed by atoms with Crippen LogP contribution in [-0.2, 0) is 14.2 Å². The van der Waals surface area contributed by atoms with Crippen LogP contribution in [0, 0.1) is 0 Å². The second-order valence-corrected chi connectivity index (χ2v) is 4.21. The second-order valence-electron chi connectivity index (χ2n) is 4.21. The van der Waals surface area contributed by atoms with Gasteiger partial charge in [0.1, 0.15) is 0 Å². The molecule has 102 valence electrons. The highest BCUT2D eigenvalue weighted by molar-refractivity contribution is 4.84. The van der Waals surface area contributed by atoms with E-state index < -0.39 is 0 Å². The molecule has 0 bridgehead atoms. The van der Waals surface area contributed by atoms with Crippen LogP contribution >= 0.6 is 0 Å². The maximum absolute atomic E-state index is 8.92. The molecule has 0 heterocycles. The lowest BCUT2D eigenvalue weighted by Crippen LogP contribution is -2.32. The number of rotatable bonds is 12. The first-order valence-corrected chi connectivity index (χ1v) is 6.38. The monoisotopic (exact) mass is 247 g/mol. The minimum Gasteiger partial charge on any atom is -0.395 e. The molecule has 0 atom stereocenters. The van der Waals surface area contributed by atoms with Crippen molar-refractivity contribution in [3.63, 3.8) is 0 Å². The lowest BCUT2D eigenvalue weighted by molar-refractivity contribution is 0.0180. The first-order chi connectivity index (χ1) is 8.38. The van der Waals surface area contributed by atoms with Gasteiger partial charge in [-0.1, -0.05) is 0 Å². The number of methoxy groups -OCH3 is 1. The number of aliphatic hydroxyl groups excluding tert-OH is 1. The minimum absolute atomic E-state index is 0.233. The zero-order valence-electron chi connectivity index (χ0n) is 10.8. The van der Waals surface area contributed by atoms with E-state index in [1.165, 1.54) is 12.8 Å². The fraction of sp³-hybridized carbons (Fsp3) is 1.00. The fourth-order valence-corrected chi connectivity index (χ4v) is 1.69. The van der Waals surface area contributed by atoms with E-state index in [0.717, 1.165) is 13.1 Å². The van der Waals surface area contributed by atoms with Gasteiger partial charge in [-0.3, -0.25) is 4.90 Å². The Morgan fingerprint density at radius 3 is 2.24 bits per heavy atom. The third-order valence-corrected chi connectivity index (χ3v) is 2.78. The first-order valence-electron chi connectivity index (χ1n) is 6.38. The molecule has 0 unspecified atom stereocenters. The molecule has 0 aromatic heterocycles. The Labute approximate surface area is 104 Å². The molecule has 5 heteroatoms. The van der Waals surface area contributed by atoms with Gasteiger partial charge in [-0.25, -0.2) is 0 Å². The molecule has 0 aliphatic heterocycles. The van der Waals surface area contributed by atoms with E-state index in [4.69, 9.17) is 19.3 Å².